The zero-order valence-electron chi connectivity index (χ0n) is 11.5. The predicted octanol–water partition coefficient (Wildman–Crippen LogP) is 2.23. The fourth-order valence-electron chi connectivity index (χ4n) is 1.55. The molecule has 6 nitrogen and oxygen atoms in total. The van der Waals surface area contributed by atoms with E-state index in [0.29, 0.717) is 15.7 Å². The Bertz CT molecular complexity index is 592. The Morgan fingerprint density at radius 1 is 1.29 bits per heavy atom. The Hall–Kier alpha value is -1.88. The summed E-state index contributed by atoms with van der Waals surface area (Å²) in [6.45, 7) is 1.46. The number of carbonyl (C=O) groups is 2. The van der Waals surface area contributed by atoms with Gasteiger partial charge in [0.15, 0.2) is 0 Å². The second-order valence-corrected chi connectivity index (χ2v) is 4.95. The van der Waals surface area contributed by atoms with Crippen molar-refractivity contribution in [2.24, 2.45) is 0 Å². The van der Waals surface area contributed by atoms with E-state index < -0.39 is 17.5 Å². The lowest BCUT2D eigenvalue weighted by Crippen LogP contribution is -2.36. The first-order valence-electron chi connectivity index (χ1n) is 5.98. The molecule has 0 aliphatic carbocycles. The molecule has 112 valence electrons. The van der Waals surface area contributed by atoms with Crippen LogP contribution in [0.3, 0.4) is 0 Å². The molecular weight excluding hydrogens is 317 g/mol. The first kappa shape index (κ1) is 17.2. The molecule has 0 aromatic heterocycles. The summed E-state index contributed by atoms with van der Waals surface area (Å²) in [5.41, 5.74) is 8.70. The maximum atomic E-state index is 11.9. The fraction of sp³-hybridized carbons (Fsp3) is 0.308. The molecule has 0 radical (unpaired) electrons. The average Bonchev–Trinajstić information content (AvgIpc) is 2.38. The maximum absolute atomic E-state index is 11.9. The van der Waals surface area contributed by atoms with Gasteiger partial charge in [0.05, 0.1) is 13.2 Å². The van der Waals surface area contributed by atoms with Gasteiger partial charge in [-0.25, -0.2) is 4.79 Å². The van der Waals surface area contributed by atoms with Crippen LogP contribution in [0.4, 0.5) is 5.69 Å². The summed E-state index contributed by atoms with van der Waals surface area (Å²) in [6.07, 6.45) is 0. The first-order chi connectivity index (χ1) is 9.88. The maximum Gasteiger partial charge on any atom is 0.443 e. The van der Waals surface area contributed by atoms with Gasteiger partial charge in [-0.15, -0.1) is 0 Å². The van der Waals surface area contributed by atoms with Crippen molar-refractivity contribution in [1.29, 1.82) is 0 Å². The highest BCUT2D eigenvalue weighted by Crippen LogP contribution is 2.24. The van der Waals surface area contributed by atoms with Gasteiger partial charge in [-0.1, -0.05) is 23.2 Å². The normalized spacial score (nSPS) is 9.71. The molecule has 21 heavy (non-hydrogen) atoms. The molecule has 1 aromatic carbocycles. The molecule has 0 fully saturated rings. The molecule has 0 unspecified atom stereocenters. The number of esters is 1. The van der Waals surface area contributed by atoms with Crippen molar-refractivity contribution >= 4 is 46.4 Å². The quantitative estimate of drug-likeness (QED) is 0.263. The number of likely N-dealkylation sites (N-methyl/N-ethyl adjacent to an activating group) is 1. The molecule has 0 spiro atoms. The van der Waals surface area contributed by atoms with E-state index in [2.05, 4.69) is 9.53 Å². The van der Waals surface area contributed by atoms with Crippen LogP contribution in [0.25, 0.3) is 5.53 Å². The zero-order valence-corrected chi connectivity index (χ0v) is 13.0. The molecule has 0 heterocycles. The molecule has 0 saturated heterocycles. The highest BCUT2D eigenvalue weighted by molar-refractivity contribution is 6.63. The van der Waals surface area contributed by atoms with E-state index in [1.165, 1.54) is 4.90 Å². The number of rotatable bonds is 6. The number of ketones is 1. The minimum atomic E-state index is -0.970. The third kappa shape index (κ3) is 4.86. The third-order valence-electron chi connectivity index (χ3n) is 2.50. The highest BCUT2D eigenvalue weighted by Gasteiger charge is 2.31. The smallest absolute Gasteiger partial charge is 0.443 e. The Balaban J connectivity index is 2.86. The molecule has 0 atom stereocenters. The van der Waals surface area contributed by atoms with Gasteiger partial charge in [-0.05, 0) is 25.1 Å². The number of nitrogens with zero attached hydrogens (tertiary/aromatic N) is 3. The van der Waals surface area contributed by atoms with Gasteiger partial charge >= 0.3 is 11.7 Å². The molecule has 0 aliphatic heterocycles. The third-order valence-corrected chi connectivity index (χ3v) is 2.94. The van der Waals surface area contributed by atoms with Crippen molar-refractivity contribution in [3.05, 3.63) is 33.8 Å². The van der Waals surface area contributed by atoms with E-state index in [-0.39, 0.29) is 13.2 Å². The van der Waals surface area contributed by atoms with Crippen LogP contribution in [0.15, 0.2) is 18.2 Å². The molecule has 1 rings (SSSR count). The van der Waals surface area contributed by atoms with Crippen LogP contribution in [-0.4, -0.2) is 42.5 Å². The summed E-state index contributed by atoms with van der Waals surface area (Å²) < 4.78 is 4.63. The number of hydrogen-bond acceptors (Lipinski definition) is 4. The number of benzene rings is 1. The minimum Gasteiger partial charge on any atom is -0.457 e. The summed E-state index contributed by atoms with van der Waals surface area (Å²) in [6, 6.07) is 4.78. The lowest BCUT2D eigenvalue weighted by atomic mass is 10.2. The van der Waals surface area contributed by atoms with Gasteiger partial charge in [-0.2, -0.15) is 4.79 Å². The number of anilines is 1. The first-order valence-corrected chi connectivity index (χ1v) is 6.74. The molecule has 0 bridgehead atoms. The van der Waals surface area contributed by atoms with Crippen LogP contribution in [0, 0.1) is 0 Å². The molecule has 1 aromatic rings. The van der Waals surface area contributed by atoms with Crippen molar-refractivity contribution in [3.8, 4) is 0 Å². The van der Waals surface area contributed by atoms with E-state index in [1.54, 1.807) is 32.2 Å². The fourth-order valence-corrected chi connectivity index (χ4v) is 2.07. The molecule has 0 amide bonds. The van der Waals surface area contributed by atoms with Gasteiger partial charge in [-0.3, -0.25) is 4.79 Å². The van der Waals surface area contributed by atoms with Gasteiger partial charge < -0.3 is 15.2 Å². The molecule has 0 aliphatic rings. The van der Waals surface area contributed by atoms with E-state index in [9.17, 15) is 9.59 Å². The van der Waals surface area contributed by atoms with Gasteiger partial charge in [0.25, 0.3) is 5.78 Å². The number of hydrogen-bond donors (Lipinski definition) is 0. The van der Waals surface area contributed by atoms with Gasteiger partial charge in [0, 0.05) is 22.8 Å². The van der Waals surface area contributed by atoms with E-state index in [4.69, 9.17) is 28.7 Å². The number of halogens is 2. The van der Waals surface area contributed by atoms with Crippen LogP contribution in [0.5, 0.6) is 0 Å². The summed E-state index contributed by atoms with van der Waals surface area (Å²) in [4.78, 5) is 27.6. The van der Waals surface area contributed by atoms with Crippen LogP contribution in [0.1, 0.15) is 6.92 Å². The zero-order chi connectivity index (χ0) is 16.0. The largest absolute Gasteiger partial charge is 0.457 e. The summed E-state index contributed by atoms with van der Waals surface area (Å²) in [5.74, 6) is -1.66. The van der Waals surface area contributed by atoms with E-state index in [1.807, 2.05) is 0 Å². The summed E-state index contributed by atoms with van der Waals surface area (Å²) in [7, 11) is 1.61. The lowest BCUT2D eigenvalue weighted by Gasteiger charge is -2.17. The van der Waals surface area contributed by atoms with Crippen LogP contribution in [0.2, 0.25) is 10.0 Å². The Kier molecular flexibility index (Phi) is 6.37. The van der Waals surface area contributed by atoms with Crippen molar-refractivity contribution in [2.45, 2.75) is 6.92 Å². The lowest BCUT2D eigenvalue weighted by molar-refractivity contribution is -0.141. The molecule has 8 heteroatoms. The van der Waals surface area contributed by atoms with Crippen molar-refractivity contribution < 1.29 is 19.1 Å². The minimum absolute atomic E-state index is 0.0743. The second kappa shape index (κ2) is 7.78. The van der Waals surface area contributed by atoms with Crippen LogP contribution >= 0.6 is 23.2 Å². The van der Waals surface area contributed by atoms with Crippen LogP contribution in [-0.2, 0) is 14.3 Å². The van der Waals surface area contributed by atoms with E-state index >= 15 is 0 Å². The SMILES string of the molecule is CCOC(=O)C(=[N+]=[N-])C(=O)CN(C)c1cc(Cl)cc(Cl)c1. The second-order valence-electron chi connectivity index (χ2n) is 4.08. The van der Waals surface area contributed by atoms with Gasteiger partial charge in [0.2, 0.25) is 0 Å². The van der Waals surface area contributed by atoms with Crippen molar-refractivity contribution in [1.82, 2.24) is 0 Å². The van der Waals surface area contributed by atoms with Gasteiger partial charge in [0.1, 0.15) is 0 Å². The summed E-state index contributed by atoms with van der Waals surface area (Å²) in [5, 5.41) is 0.830. The Morgan fingerprint density at radius 3 is 2.33 bits per heavy atom. The number of ether oxygens (including phenoxy) is 1. The Morgan fingerprint density at radius 2 is 1.86 bits per heavy atom. The number of Topliss-reactive ketones (excluding diaryl/α,β-unsaturated/α-hetero) is 1. The highest BCUT2D eigenvalue weighted by atomic mass is 35.5. The molecule has 0 saturated carbocycles. The molecular formula is C13H13Cl2N3O3. The van der Waals surface area contributed by atoms with Crippen molar-refractivity contribution in [3.63, 3.8) is 0 Å². The van der Waals surface area contributed by atoms with Crippen LogP contribution < -0.4 is 4.90 Å². The van der Waals surface area contributed by atoms with Crippen molar-refractivity contribution in [2.75, 3.05) is 25.1 Å². The summed E-state index contributed by atoms with van der Waals surface area (Å²) >= 11 is 11.8. The Labute approximate surface area is 131 Å². The topological polar surface area (TPSA) is 83.0 Å². The standard InChI is InChI=1S/C13H13Cl2N3O3/c1-3-21-13(20)12(17-16)11(19)7-18(2)10-5-8(14)4-9(15)6-10/h4-6H,3,7H2,1-2H3. The monoisotopic (exact) mass is 329 g/mol. The van der Waals surface area contributed by atoms with E-state index in [0.717, 1.165) is 0 Å². The predicted molar refractivity (Wildman–Crippen MR) is 80.0 cm³/mol. The average molecular weight is 330 g/mol. The molecule has 0 N–H and O–H groups in total. The number of carbonyl (C=O) groups excluding carboxylic acids is 2.